The summed E-state index contributed by atoms with van der Waals surface area (Å²) < 4.78 is 20.7. The molecule has 0 bridgehead atoms. The predicted molar refractivity (Wildman–Crippen MR) is 128 cm³/mol. The number of methoxy groups -OCH3 is 1. The number of carbonyl (C=O) groups is 2. The number of nitrogens with zero attached hydrogens (tertiary/aromatic N) is 1. The van der Waals surface area contributed by atoms with Gasteiger partial charge in [0, 0.05) is 16.8 Å². The standard InChI is InChI=1S/C26H21BrFNO4/c1-14-8-10-17(12-15(14)2)29-23(18-6-4-5-7-20(18)28)22(25(31)26(29)32)24(30)16-9-11-21(33-3)19(27)13-16/h4-13,23,30H,1-3H3/b24-22+. The van der Waals surface area contributed by atoms with E-state index in [0.29, 0.717) is 21.5 Å². The summed E-state index contributed by atoms with van der Waals surface area (Å²) >= 11 is 3.37. The van der Waals surface area contributed by atoms with Crippen molar-refractivity contribution in [3.05, 3.63) is 98.8 Å². The first-order valence-electron chi connectivity index (χ1n) is 10.2. The molecule has 4 rings (SSSR count). The van der Waals surface area contributed by atoms with E-state index in [1.54, 1.807) is 36.4 Å². The molecule has 1 fully saturated rings. The molecule has 1 aliphatic heterocycles. The van der Waals surface area contributed by atoms with Gasteiger partial charge in [-0.3, -0.25) is 14.5 Å². The number of ether oxygens (including phenoxy) is 1. The van der Waals surface area contributed by atoms with Gasteiger partial charge in [-0.2, -0.15) is 0 Å². The van der Waals surface area contributed by atoms with Gasteiger partial charge in [-0.15, -0.1) is 0 Å². The van der Waals surface area contributed by atoms with E-state index in [9.17, 15) is 19.1 Å². The number of hydrogen-bond donors (Lipinski definition) is 1. The molecular formula is C26H21BrFNO4. The summed E-state index contributed by atoms with van der Waals surface area (Å²) in [7, 11) is 1.51. The lowest BCUT2D eigenvalue weighted by atomic mass is 9.94. The van der Waals surface area contributed by atoms with E-state index in [1.165, 1.54) is 30.2 Å². The first kappa shape index (κ1) is 22.7. The minimum atomic E-state index is -1.13. The summed E-state index contributed by atoms with van der Waals surface area (Å²) in [6.07, 6.45) is 0. The molecule has 1 unspecified atom stereocenters. The summed E-state index contributed by atoms with van der Waals surface area (Å²) in [5, 5.41) is 11.2. The number of Topliss-reactive ketones (excluding diaryl/α,β-unsaturated/α-hetero) is 1. The minimum Gasteiger partial charge on any atom is -0.507 e. The first-order valence-corrected chi connectivity index (χ1v) is 11.0. The number of rotatable bonds is 4. The van der Waals surface area contributed by atoms with Crippen LogP contribution < -0.4 is 9.64 Å². The number of hydrogen-bond acceptors (Lipinski definition) is 4. The van der Waals surface area contributed by atoms with Crippen molar-refractivity contribution in [2.75, 3.05) is 12.0 Å². The smallest absolute Gasteiger partial charge is 0.300 e. The Morgan fingerprint density at radius 1 is 1.03 bits per heavy atom. The van der Waals surface area contributed by atoms with E-state index in [0.717, 1.165) is 11.1 Å². The number of aliphatic hydroxyl groups excluding tert-OH is 1. The van der Waals surface area contributed by atoms with Gasteiger partial charge >= 0.3 is 0 Å². The zero-order valence-electron chi connectivity index (χ0n) is 18.2. The fourth-order valence-electron chi connectivity index (χ4n) is 3.93. The molecule has 168 valence electrons. The number of amides is 1. The molecule has 0 aromatic heterocycles. The molecule has 1 aliphatic rings. The number of aliphatic hydroxyl groups is 1. The van der Waals surface area contributed by atoms with Crippen LogP contribution in [0.25, 0.3) is 5.76 Å². The van der Waals surface area contributed by atoms with Gasteiger partial charge in [0.2, 0.25) is 0 Å². The van der Waals surface area contributed by atoms with Gasteiger partial charge in [0.25, 0.3) is 11.7 Å². The van der Waals surface area contributed by atoms with Crippen LogP contribution in [0.5, 0.6) is 5.75 Å². The lowest BCUT2D eigenvalue weighted by molar-refractivity contribution is -0.132. The quantitative estimate of drug-likeness (QED) is 0.272. The average Bonchev–Trinajstić information content (AvgIpc) is 3.06. The Morgan fingerprint density at radius 3 is 2.39 bits per heavy atom. The SMILES string of the molecule is COc1ccc(/C(O)=C2\C(=O)C(=O)N(c3ccc(C)c(C)c3)C2c2ccccc2F)cc1Br. The maximum absolute atomic E-state index is 15.0. The van der Waals surface area contributed by atoms with Gasteiger partial charge in [0.15, 0.2) is 0 Å². The summed E-state index contributed by atoms with van der Waals surface area (Å²) in [6, 6.07) is 14.9. The number of benzene rings is 3. The maximum Gasteiger partial charge on any atom is 0.300 e. The Morgan fingerprint density at radius 2 is 1.76 bits per heavy atom. The van der Waals surface area contributed by atoms with Gasteiger partial charge < -0.3 is 9.84 Å². The van der Waals surface area contributed by atoms with Crippen LogP contribution in [-0.4, -0.2) is 23.9 Å². The molecule has 1 heterocycles. The molecule has 1 atom stereocenters. The van der Waals surface area contributed by atoms with E-state index in [-0.39, 0.29) is 11.1 Å². The van der Waals surface area contributed by atoms with E-state index < -0.39 is 29.3 Å². The van der Waals surface area contributed by atoms with Gasteiger partial charge in [0.1, 0.15) is 17.3 Å². The molecule has 3 aromatic carbocycles. The van der Waals surface area contributed by atoms with Crippen molar-refractivity contribution in [1.82, 2.24) is 0 Å². The fraction of sp³-hybridized carbons (Fsp3) is 0.154. The summed E-state index contributed by atoms with van der Waals surface area (Å²) in [6.45, 7) is 3.82. The topological polar surface area (TPSA) is 66.8 Å². The number of aryl methyl sites for hydroxylation is 2. The highest BCUT2D eigenvalue weighted by atomic mass is 79.9. The Balaban J connectivity index is 1.97. The summed E-state index contributed by atoms with van der Waals surface area (Å²) in [5.41, 5.74) is 2.61. The minimum absolute atomic E-state index is 0.115. The van der Waals surface area contributed by atoms with Crippen LogP contribution in [-0.2, 0) is 9.59 Å². The van der Waals surface area contributed by atoms with Gasteiger partial charge in [-0.25, -0.2) is 4.39 Å². The Labute approximate surface area is 199 Å². The molecule has 1 saturated heterocycles. The summed E-state index contributed by atoms with van der Waals surface area (Å²) in [4.78, 5) is 27.6. The van der Waals surface area contributed by atoms with E-state index in [4.69, 9.17) is 4.74 Å². The number of halogens is 2. The Hall–Kier alpha value is -3.45. The van der Waals surface area contributed by atoms with Crippen LogP contribution in [0.1, 0.15) is 28.3 Å². The Bertz CT molecular complexity index is 1320. The number of ketones is 1. The normalized spacial score (nSPS) is 17.5. The van der Waals surface area contributed by atoms with Crippen LogP contribution in [0.4, 0.5) is 10.1 Å². The third-order valence-electron chi connectivity index (χ3n) is 5.84. The zero-order valence-corrected chi connectivity index (χ0v) is 19.8. The lowest BCUT2D eigenvalue weighted by Crippen LogP contribution is -2.30. The molecular weight excluding hydrogens is 489 g/mol. The van der Waals surface area contributed by atoms with Crippen molar-refractivity contribution in [3.8, 4) is 5.75 Å². The highest BCUT2D eigenvalue weighted by Crippen LogP contribution is 2.43. The second-order valence-corrected chi connectivity index (χ2v) is 8.66. The van der Waals surface area contributed by atoms with Crippen LogP contribution in [0.2, 0.25) is 0 Å². The van der Waals surface area contributed by atoms with Crippen LogP contribution in [0.15, 0.2) is 70.7 Å². The molecule has 1 amide bonds. The molecule has 33 heavy (non-hydrogen) atoms. The van der Waals surface area contributed by atoms with Crippen molar-refractivity contribution in [2.45, 2.75) is 19.9 Å². The summed E-state index contributed by atoms with van der Waals surface area (Å²) in [5.74, 6) is -2.16. The zero-order chi connectivity index (χ0) is 23.9. The molecule has 7 heteroatoms. The number of anilines is 1. The third-order valence-corrected chi connectivity index (χ3v) is 6.46. The van der Waals surface area contributed by atoms with E-state index >= 15 is 0 Å². The first-order chi connectivity index (χ1) is 15.7. The van der Waals surface area contributed by atoms with Crippen molar-refractivity contribution < 1.29 is 23.8 Å². The average molecular weight is 510 g/mol. The van der Waals surface area contributed by atoms with Crippen LogP contribution in [0, 0.1) is 19.7 Å². The second kappa shape index (κ2) is 8.83. The lowest BCUT2D eigenvalue weighted by Gasteiger charge is -2.26. The van der Waals surface area contributed by atoms with Crippen molar-refractivity contribution in [3.63, 3.8) is 0 Å². The highest BCUT2D eigenvalue weighted by molar-refractivity contribution is 9.10. The second-order valence-electron chi connectivity index (χ2n) is 7.81. The molecule has 1 N–H and O–H groups in total. The van der Waals surface area contributed by atoms with Crippen molar-refractivity contribution in [1.29, 1.82) is 0 Å². The number of carbonyl (C=O) groups excluding carboxylic acids is 2. The van der Waals surface area contributed by atoms with E-state index in [1.807, 2.05) is 19.9 Å². The van der Waals surface area contributed by atoms with Crippen molar-refractivity contribution in [2.24, 2.45) is 0 Å². The Kier molecular flexibility index (Phi) is 6.08. The van der Waals surface area contributed by atoms with Crippen molar-refractivity contribution >= 4 is 39.1 Å². The van der Waals surface area contributed by atoms with E-state index in [2.05, 4.69) is 15.9 Å². The maximum atomic E-state index is 15.0. The van der Waals surface area contributed by atoms with Gasteiger partial charge in [-0.1, -0.05) is 24.3 Å². The fourth-order valence-corrected chi connectivity index (χ4v) is 4.48. The van der Waals surface area contributed by atoms with Crippen LogP contribution >= 0.6 is 15.9 Å². The molecule has 5 nitrogen and oxygen atoms in total. The molecule has 0 saturated carbocycles. The van der Waals surface area contributed by atoms with Crippen LogP contribution in [0.3, 0.4) is 0 Å². The van der Waals surface area contributed by atoms with Gasteiger partial charge in [-0.05, 0) is 77.3 Å². The van der Waals surface area contributed by atoms with Gasteiger partial charge in [0.05, 0.1) is 23.2 Å². The largest absolute Gasteiger partial charge is 0.507 e. The molecule has 0 spiro atoms. The predicted octanol–water partition coefficient (Wildman–Crippen LogP) is 5.84. The third kappa shape index (κ3) is 3.93. The molecule has 0 aliphatic carbocycles. The molecule has 3 aromatic rings. The monoisotopic (exact) mass is 509 g/mol. The highest BCUT2D eigenvalue weighted by Gasteiger charge is 2.47. The molecule has 0 radical (unpaired) electrons.